The number of carbonyl (C=O) groups is 1. The van der Waals surface area contributed by atoms with Crippen molar-refractivity contribution >= 4 is 40.1 Å². The van der Waals surface area contributed by atoms with E-state index in [1.54, 1.807) is 48.5 Å². The minimum atomic E-state index is -4.51. The van der Waals surface area contributed by atoms with Crippen LogP contribution >= 0.6 is 23.2 Å². The molecule has 0 spiro atoms. The maximum absolute atomic E-state index is 13.3. The third kappa shape index (κ3) is 4.85. The van der Waals surface area contributed by atoms with Crippen LogP contribution in [0.2, 0.25) is 10.0 Å². The maximum atomic E-state index is 13.3. The predicted octanol–water partition coefficient (Wildman–Crippen LogP) is 6.01. The second-order valence-electron chi connectivity index (χ2n) is 8.58. The summed E-state index contributed by atoms with van der Waals surface area (Å²) in [6.45, 7) is -0.691. The van der Waals surface area contributed by atoms with Gasteiger partial charge in [0, 0.05) is 28.6 Å². The first-order valence-corrected chi connectivity index (χ1v) is 11.9. The van der Waals surface area contributed by atoms with E-state index in [4.69, 9.17) is 23.2 Å². The lowest BCUT2D eigenvalue weighted by Gasteiger charge is -2.12. The molecule has 0 bridgehead atoms. The summed E-state index contributed by atoms with van der Waals surface area (Å²) >= 11 is 12.5. The monoisotopic (exact) mass is 534 g/mol. The zero-order valence-corrected chi connectivity index (χ0v) is 20.2. The summed E-state index contributed by atoms with van der Waals surface area (Å²) in [7, 11) is 0. The van der Waals surface area contributed by atoms with E-state index in [1.807, 2.05) is 0 Å². The Morgan fingerprint density at radius 2 is 1.78 bits per heavy atom. The number of amides is 1. The molecule has 0 atom stereocenters. The van der Waals surface area contributed by atoms with Crippen LogP contribution in [0.5, 0.6) is 0 Å². The van der Waals surface area contributed by atoms with Crippen molar-refractivity contribution in [2.45, 2.75) is 38.0 Å². The zero-order chi connectivity index (χ0) is 25.6. The molecule has 2 aromatic heterocycles. The highest BCUT2D eigenvalue weighted by atomic mass is 35.5. The van der Waals surface area contributed by atoms with Crippen LogP contribution in [0.4, 0.5) is 13.2 Å². The zero-order valence-electron chi connectivity index (χ0n) is 18.6. The van der Waals surface area contributed by atoms with Gasteiger partial charge in [-0.1, -0.05) is 47.5 Å². The van der Waals surface area contributed by atoms with Crippen LogP contribution in [0.3, 0.4) is 0 Å². The van der Waals surface area contributed by atoms with Gasteiger partial charge in [-0.15, -0.1) is 5.10 Å². The normalized spacial score (nSPS) is 13.8. The fourth-order valence-electron chi connectivity index (χ4n) is 3.98. The number of benzene rings is 2. The molecule has 2 aromatic carbocycles. The number of aromatic nitrogens is 3. The first-order chi connectivity index (χ1) is 17.1. The van der Waals surface area contributed by atoms with E-state index < -0.39 is 30.6 Å². The molecule has 1 N–H and O–H groups in total. The largest absolute Gasteiger partial charge is 0.390 e. The number of rotatable bonds is 6. The Kier molecular flexibility index (Phi) is 6.30. The van der Waals surface area contributed by atoms with Crippen molar-refractivity contribution < 1.29 is 18.0 Å². The number of nitrogens with one attached hydrogen (secondary N) is 1. The molecule has 1 aliphatic rings. The SMILES string of the molecule is O=C(NC1CC1)c1cc2c(-c3ccc(Cl)cc3)n(-c3ccccc3Cl)nc2n(CCC(F)(F)F)c1=O. The first-order valence-electron chi connectivity index (χ1n) is 11.2. The van der Waals surface area contributed by atoms with Crippen LogP contribution in [0.25, 0.3) is 28.0 Å². The maximum Gasteiger partial charge on any atom is 0.390 e. The predicted molar refractivity (Wildman–Crippen MR) is 132 cm³/mol. The third-order valence-electron chi connectivity index (χ3n) is 5.90. The Labute approximate surface area is 213 Å². The molecule has 2 heterocycles. The molecule has 6 nitrogen and oxygen atoms in total. The molecule has 11 heteroatoms. The second-order valence-corrected chi connectivity index (χ2v) is 9.43. The molecular weight excluding hydrogens is 516 g/mol. The molecule has 0 radical (unpaired) electrons. The number of alkyl halides is 3. The highest BCUT2D eigenvalue weighted by Crippen LogP contribution is 2.34. The van der Waals surface area contributed by atoms with E-state index in [9.17, 15) is 22.8 Å². The third-order valence-corrected chi connectivity index (χ3v) is 6.47. The molecule has 1 amide bonds. The van der Waals surface area contributed by atoms with Crippen LogP contribution in [-0.2, 0) is 6.54 Å². The van der Waals surface area contributed by atoms with Gasteiger partial charge in [0.05, 0.1) is 22.8 Å². The molecule has 0 saturated heterocycles. The van der Waals surface area contributed by atoms with E-state index in [-0.39, 0.29) is 17.3 Å². The van der Waals surface area contributed by atoms with Gasteiger partial charge in [0.25, 0.3) is 11.5 Å². The summed E-state index contributed by atoms with van der Waals surface area (Å²) in [4.78, 5) is 26.2. The van der Waals surface area contributed by atoms with Crippen molar-refractivity contribution in [1.29, 1.82) is 0 Å². The first kappa shape index (κ1) is 24.4. The minimum absolute atomic E-state index is 0.0112. The number of hydrogen-bond acceptors (Lipinski definition) is 3. The number of nitrogens with zero attached hydrogens (tertiary/aromatic N) is 3. The standard InChI is InChI=1S/C25H19Cl2F3N4O2/c26-15-7-5-14(6-8-15)21-17-13-18(23(35)31-16-9-10-16)24(36)33(12-11-25(28,29)30)22(17)32-34(21)20-4-2-1-3-19(20)27/h1-8,13,16H,9-12H2,(H,31,35). The summed E-state index contributed by atoms with van der Waals surface area (Å²) in [5, 5.41) is 8.45. The van der Waals surface area contributed by atoms with Gasteiger partial charge in [-0.3, -0.25) is 14.2 Å². The van der Waals surface area contributed by atoms with Gasteiger partial charge in [-0.25, -0.2) is 4.68 Å². The van der Waals surface area contributed by atoms with E-state index in [0.29, 0.717) is 32.4 Å². The second kappa shape index (κ2) is 9.29. The van der Waals surface area contributed by atoms with Crippen LogP contribution in [0, 0.1) is 0 Å². The summed E-state index contributed by atoms with van der Waals surface area (Å²) < 4.78 is 41.9. The van der Waals surface area contributed by atoms with E-state index >= 15 is 0 Å². The fourth-order valence-corrected chi connectivity index (χ4v) is 4.32. The topological polar surface area (TPSA) is 68.9 Å². The fraction of sp³-hybridized carbons (Fsp3) is 0.240. The average molecular weight is 535 g/mol. The summed E-state index contributed by atoms with van der Waals surface area (Å²) in [6, 6.07) is 14.9. The highest BCUT2D eigenvalue weighted by Gasteiger charge is 2.31. The molecule has 1 aliphatic carbocycles. The molecule has 1 saturated carbocycles. The van der Waals surface area contributed by atoms with Crippen LogP contribution in [0.15, 0.2) is 59.4 Å². The number of para-hydroxylation sites is 1. The van der Waals surface area contributed by atoms with E-state index in [0.717, 1.165) is 17.4 Å². The lowest BCUT2D eigenvalue weighted by atomic mass is 10.1. The van der Waals surface area contributed by atoms with E-state index in [1.165, 1.54) is 10.7 Å². The van der Waals surface area contributed by atoms with Gasteiger partial charge >= 0.3 is 6.18 Å². The Balaban J connectivity index is 1.82. The van der Waals surface area contributed by atoms with Gasteiger partial charge in [0.2, 0.25) is 0 Å². The molecule has 1 fully saturated rings. The average Bonchev–Trinajstić information content (AvgIpc) is 3.56. The Bertz CT molecular complexity index is 1520. The van der Waals surface area contributed by atoms with Crippen molar-refractivity contribution in [2.75, 3.05) is 0 Å². The van der Waals surface area contributed by atoms with Gasteiger partial charge in [0.1, 0.15) is 5.56 Å². The Morgan fingerprint density at radius 3 is 2.42 bits per heavy atom. The number of carbonyl (C=O) groups excluding carboxylic acids is 1. The molecule has 36 heavy (non-hydrogen) atoms. The van der Waals surface area contributed by atoms with Crippen LogP contribution < -0.4 is 10.9 Å². The summed E-state index contributed by atoms with van der Waals surface area (Å²) in [5.41, 5.74) is 0.463. The van der Waals surface area contributed by atoms with Crippen molar-refractivity contribution in [3.05, 3.63) is 80.6 Å². The van der Waals surface area contributed by atoms with Crippen molar-refractivity contribution in [3.8, 4) is 16.9 Å². The van der Waals surface area contributed by atoms with Crippen molar-refractivity contribution in [3.63, 3.8) is 0 Å². The Hall–Kier alpha value is -3.30. The lowest BCUT2D eigenvalue weighted by molar-refractivity contribution is -0.136. The van der Waals surface area contributed by atoms with Crippen molar-refractivity contribution in [2.24, 2.45) is 0 Å². The van der Waals surface area contributed by atoms with Gasteiger partial charge in [0.15, 0.2) is 5.65 Å². The molecule has 4 aromatic rings. The highest BCUT2D eigenvalue weighted by molar-refractivity contribution is 6.32. The van der Waals surface area contributed by atoms with Crippen LogP contribution in [0.1, 0.15) is 29.6 Å². The number of aryl methyl sites for hydroxylation is 1. The molecule has 0 unspecified atom stereocenters. The minimum Gasteiger partial charge on any atom is -0.349 e. The number of hydrogen-bond donors (Lipinski definition) is 1. The smallest absolute Gasteiger partial charge is 0.349 e. The van der Waals surface area contributed by atoms with Crippen molar-refractivity contribution in [1.82, 2.24) is 19.7 Å². The van der Waals surface area contributed by atoms with Crippen LogP contribution in [-0.4, -0.2) is 32.5 Å². The molecular formula is C25H19Cl2F3N4O2. The Morgan fingerprint density at radius 1 is 1.08 bits per heavy atom. The number of pyridine rings is 1. The van der Waals surface area contributed by atoms with E-state index in [2.05, 4.69) is 10.4 Å². The van der Waals surface area contributed by atoms with Gasteiger partial charge < -0.3 is 5.32 Å². The summed E-state index contributed by atoms with van der Waals surface area (Å²) in [6.07, 6.45) is -4.19. The summed E-state index contributed by atoms with van der Waals surface area (Å²) in [5.74, 6) is -0.627. The lowest BCUT2D eigenvalue weighted by Crippen LogP contribution is -2.34. The quantitative estimate of drug-likeness (QED) is 0.329. The number of fused-ring (bicyclic) bond motifs is 1. The van der Waals surface area contributed by atoms with Gasteiger partial charge in [-0.2, -0.15) is 13.2 Å². The number of halogens is 5. The molecule has 186 valence electrons. The molecule has 0 aliphatic heterocycles. The molecule has 5 rings (SSSR count). The van der Waals surface area contributed by atoms with Gasteiger partial charge in [-0.05, 0) is 43.2 Å².